The number of amides is 2. The van der Waals surface area contributed by atoms with Gasteiger partial charge >= 0.3 is 0 Å². The van der Waals surface area contributed by atoms with E-state index in [2.05, 4.69) is 28.6 Å². The van der Waals surface area contributed by atoms with Crippen LogP contribution in [0.4, 0.5) is 0 Å². The summed E-state index contributed by atoms with van der Waals surface area (Å²) in [6, 6.07) is 7.75. The van der Waals surface area contributed by atoms with Crippen molar-refractivity contribution in [1.29, 1.82) is 0 Å². The van der Waals surface area contributed by atoms with Crippen molar-refractivity contribution in [2.45, 2.75) is 20.3 Å². The summed E-state index contributed by atoms with van der Waals surface area (Å²) in [6.07, 6.45) is 2.54. The lowest BCUT2D eigenvalue weighted by Gasteiger charge is -2.10. The molecule has 1 heterocycles. The van der Waals surface area contributed by atoms with Crippen LogP contribution in [0.2, 0.25) is 0 Å². The smallest absolute Gasteiger partial charge is 0.253 e. The number of nitrogens with zero attached hydrogens (tertiary/aromatic N) is 1. The molecule has 2 rings (SSSR count). The van der Waals surface area contributed by atoms with Crippen LogP contribution in [0, 0.1) is 0 Å². The fraction of sp³-hybridized carbons (Fsp3) is 0.312. The molecule has 0 saturated carbocycles. The van der Waals surface area contributed by atoms with Gasteiger partial charge in [-0.15, -0.1) is 0 Å². The Balaban J connectivity index is 2.19. The average Bonchev–Trinajstić information content (AvgIpc) is 2.50. The van der Waals surface area contributed by atoms with E-state index in [0.717, 1.165) is 17.4 Å². The highest BCUT2D eigenvalue weighted by Crippen LogP contribution is 2.19. The van der Waals surface area contributed by atoms with Gasteiger partial charge in [-0.2, -0.15) is 0 Å². The normalized spacial score (nSPS) is 10.4. The van der Waals surface area contributed by atoms with Crippen molar-refractivity contribution in [3.8, 4) is 0 Å². The van der Waals surface area contributed by atoms with Crippen LogP contribution in [-0.2, 0) is 11.2 Å². The van der Waals surface area contributed by atoms with Crippen molar-refractivity contribution < 1.29 is 9.59 Å². The molecule has 0 saturated heterocycles. The van der Waals surface area contributed by atoms with Crippen molar-refractivity contribution >= 4 is 22.7 Å². The third kappa shape index (κ3) is 3.78. The summed E-state index contributed by atoms with van der Waals surface area (Å²) in [5.41, 5.74) is 2.38. The summed E-state index contributed by atoms with van der Waals surface area (Å²) in [6.45, 7) is 4.31. The molecule has 0 fully saturated rings. The number of aryl methyl sites for hydroxylation is 1. The number of nitrogens with one attached hydrogen (secondary N) is 2. The highest BCUT2D eigenvalue weighted by molar-refractivity contribution is 6.05. The van der Waals surface area contributed by atoms with Gasteiger partial charge in [0.1, 0.15) is 0 Å². The fourth-order valence-electron chi connectivity index (χ4n) is 2.14. The second-order valence-electron chi connectivity index (χ2n) is 4.81. The summed E-state index contributed by atoms with van der Waals surface area (Å²) in [5, 5.41) is 6.41. The van der Waals surface area contributed by atoms with E-state index in [1.165, 1.54) is 6.92 Å². The average molecular weight is 285 g/mol. The van der Waals surface area contributed by atoms with Gasteiger partial charge in [0.15, 0.2) is 0 Å². The first-order valence-corrected chi connectivity index (χ1v) is 7.02. The Hall–Kier alpha value is -2.43. The van der Waals surface area contributed by atoms with Crippen LogP contribution in [0.25, 0.3) is 10.9 Å². The van der Waals surface area contributed by atoms with Crippen molar-refractivity contribution in [1.82, 2.24) is 15.6 Å². The van der Waals surface area contributed by atoms with Gasteiger partial charge in [-0.25, -0.2) is 0 Å². The van der Waals surface area contributed by atoms with E-state index < -0.39 is 0 Å². The quantitative estimate of drug-likeness (QED) is 0.821. The molecule has 0 aliphatic carbocycles. The molecule has 0 aliphatic rings. The van der Waals surface area contributed by atoms with Crippen LogP contribution in [0.5, 0.6) is 0 Å². The minimum absolute atomic E-state index is 0.107. The maximum atomic E-state index is 12.3. The largest absolute Gasteiger partial charge is 0.355 e. The Bertz CT molecular complexity index is 668. The molecule has 1 aromatic heterocycles. The van der Waals surface area contributed by atoms with Gasteiger partial charge in [0, 0.05) is 31.6 Å². The molecule has 0 radical (unpaired) electrons. The van der Waals surface area contributed by atoms with Crippen molar-refractivity contribution in [3.05, 3.63) is 41.6 Å². The maximum absolute atomic E-state index is 12.3. The molecule has 0 unspecified atom stereocenters. The lowest BCUT2D eigenvalue weighted by atomic mass is 10.0. The van der Waals surface area contributed by atoms with Crippen molar-refractivity contribution in [2.75, 3.05) is 13.1 Å². The van der Waals surface area contributed by atoms with E-state index in [4.69, 9.17) is 0 Å². The van der Waals surface area contributed by atoms with Crippen LogP contribution < -0.4 is 10.6 Å². The Kier molecular flexibility index (Phi) is 4.87. The van der Waals surface area contributed by atoms with Crippen LogP contribution in [0.3, 0.4) is 0 Å². The molecule has 5 nitrogen and oxygen atoms in total. The SMILES string of the molecule is CCc1cc(C(=O)NCCNC(C)=O)c2ncccc2c1. The van der Waals surface area contributed by atoms with E-state index in [9.17, 15) is 9.59 Å². The van der Waals surface area contributed by atoms with Gasteiger partial charge in [0.25, 0.3) is 5.91 Å². The number of fused-ring (bicyclic) bond motifs is 1. The zero-order chi connectivity index (χ0) is 15.2. The number of pyridine rings is 1. The van der Waals surface area contributed by atoms with E-state index in [0.29, 0.717) is 24.2 Å². The lowest BCUT2D eigenvalue weighted by molar-refractivity contribution is -0.118. The third-order valence-corrected chi connectivity index (χ3v) is 3.20. The van der Waals surface area contributed by atoms with Crippen LogP contribution in [-0.4, -0.2) is 29.9 Å². The number of carbonyl (C=O) groups excluding carboxylic acids is 2. The second kappa shape index (κ2) is 6.83. The summed E-state index contributed by atoms with van der Waals surface area (Å²) in [7, 11) is 0. The molecule has 0 spiro atoms. The van der Waals surface area contributed by atoms with E-state index in [1.807, 2.05) is 18.2 Å². The summed E-state index contributed by atoms with van der Waals surface area (Å²) >= 11 is 0. The maximum Gasteiger partial charge on any atom is 0.253 e. The summed E-state index contributed by atoms with van der Waals surface area (Å²) in [4.78, 5) is 27.4. The fourth-order valence-corrected chi connectivity index (χ4v) is 2.14. The van der Waals surface area contributed by atoms with E-state index in [-0.39, 0.29) is 11.8 Å². The van der Waals surface area contributed by atoms with Gasteiger partial charge in [-0.1, -0.05) is 13.0 Å². The molecule has 2 aromatic rings. The molecule has 110 valence electrons. The number of hydrogen-bond acceptors (Lipinski definition) is 3. The van der Waals surface area contributed by atoms with Crippen LogP contribution >= 0.6 is 0 Å². The monoisotopic (exact) mass is 285 g/mol. The predicted octanol–water partition coefficient (Wildman–Crippen LogP) is 1.66. The van der Waals surface area contributed by atoms with Gasteiger partial charge in [0.05, 0.1) is 11.1 Å². The third-order valence-electron chi connectivity index (χ3n) is 3.20. The first-order valence-electron chi connectivity index (χ1n) is 7.02. The van der Waals surface area contributed by atoms with Gasteiger partial charge in [-0.3, -0.25) is 14.6 Å². The Morgan fingerprint density at radius 1 is 1.19 bits per heavy atom. The Morgan fingerprint density at radius 3 is 2.67 bits per heavy atom. The van der Waals surface area contributed by atoms with E-state index in [1.54, 1.807) is 6.20 Å². The highest BCUT2D eigenvalue weighted by atomic mass is 16.2. The molecule has 1 aromatic carbocycles. The van der Waals surface area contributed by atoms with Crippen LogP contribution in [0.15, 0.2) is 30.5 Å². The number of benzene rings is 1. The molecule has 0 bridgehead atoms. The molecular formula is C16H19N3O2. The first kappa shape index (κ1) is 15.0. The number of carbonyl (C=O) groups is 2. The topological polar surface area (TPSA) is 71.1 Å². The zero-order valence-corrected chi connectivity index (χ0v) is 12.3. The Morgan fingerprint density at radius 2 is 1.95 bits per heavy atom. The molecule has 2 N–H and O–H groups in total. The summed E-state index contributed by atoms with van der Waals surface area (Å²) < 4.78 is 0. The Labute approximate surface area is 123 Å². The number of rotatable bonds is 5. The van der Waals surface area contributed by atoms with Gasteiger partial charge in [0.2, 0.25) is 5.91 Å². The van der Waals surface area contributed by atoms with Crippen molar-refractivity contribution in [2.24, 2.45) is 0 Å². The second-order valence-corrected chi connectivity index (χ2v) is 4.81. The minimum atomic E-state index is -0.167. The number of hydrogen-bond donors (Lipinski definition) is 2. The molecule has 5 heteroatoms. The van der Waals surface area contributed by atoms with Crippen LogP contribution in [0.1, 0.15) is 29.8 Å². The molecular weight excluding hydrogens is 266 g/mol. The minimum Gasteiger partial charge on any atom is -0.355 e. The molecule has 0 atom stereocenters. The molecule has 21 heavy (non-hydrogen) atoms. The molecule has 0 aliphatic heterocycles. The van der Waals surface area contributed by atoms with E-state index >= 15 is 0 Å². The predicted molar refractivity (Wildman–Crippen MR) is 82.1 cm³/mol. The highest BCUT2D eigenvalue weighted by Gasteiger charge is 2.12. The number of aromatic nitrogens is 1. The van der Waals surface area contributed by atoms with Gasteiger partial charge < -0.3 is 10.6 Å². The zero-order valence-electron chi connectivity index (χ0n) is 12.3. The van der Waals surface area contributed by atoms with Gasteiger partial charge in [-0.05, 0) is 30.2 Å². The summed E-state index contributed by atoms with van der Waals surface area (Å²) in [5.74, 6) is -0.274. The molecule has 2 amide bonds. The standard InChI is InChI=1S/C16H19N3O2/c1-3-12-9-13-5-4-6-18-15(13)14(10-12)16(21)19-8-7-17-11(2)20/h4-6,9-10H,3,7-8H2,1-2H3,(H,17,20)(H,19,21). The lowest BCUT2D eigenvalue weighted by Crippen LogP contribution is -2.33. The first-order chi connectivity index (χ1) is 10.1. The van der Waals surface area contributed by atoms with Crippen molar-refractivity contribution in [3.63, 3.8) is 0 Å².